The molecule has 2 N–H and O–H groups in total. The van der Waals surface area contributed by atoms with Gasteiger partial charge in [-0.3, -0.25) is 4.79 Å². The number of hydrogen-bond acceptors (Lipinski definition) is 7. The van der Waals surface area contributed by atoms with Gasteiger partial charge in [-0.15, -0.1) is 0 Å². The van der Waals surface area contributed by atoms with E-state index in [0.29, 0.717) is 32.0 Å². The van der Waals surface area contributed by atoms with Crippen LogP contribution in [0.5, 0.6) is 0 Å². The summed E-state index contributed by atoms with van der Waals surface area (Å²) >= 11 is 0. The Morgan fingerprint density at radius 2 is 2.28 bits per heavy atom. The normalized spacial score (nSPS) is 11.2. The second kappa shape index (κ2) is 5.75. The molecule has 18 heavy (non-hydrogen) atoms. The lowest BCUT2D eigenvalue weighted by Crippen LogP contribution is -2.09. The van der Waals surface area contributed by atoms with Crippen molar-refractivity contribution in [3.05, 3.63) is 11.8 Å². The predicted molar refractivity (Wildman–Crippen MR) is 67.5 cm³/mol. The van der Waals surface area contributed by atoms with E-state index in [0.717, 1.165) is 5.25 Å². The van der Waals surface area contributed by atoms with Gasteiger partial charge in [0.25, 0.3) is 0 Å². The second-order valence-electron chi connectivity index (χ2n) is 3.52. The van der Waals surface area contributed by atoms with Gasteiger partial charge in [0, 0.05) is 12.9 Å². The molecule has 0 aliphatic rings. The molecular formula is C10H13N4O3P. The number of rotatable bonds is 5. The summed E-state index contributed by atoms with van der Waals surface area (Å²) in [7, 11) is 0.427. The standard InChI is InChI=1S/C10H13N4O3P/c1-6(15)17-3-2-16-4-7-13-9(11)8-10(14-7)18-5-12-8/h5,18H,2-4H2,1H3,(H2,11,13,14). The summed E-state index contributed by atoms with van der Waals surface area (Å²) in [4.78, 5) is 23.0. The Morgan fingerprint density at radius 3 is 3.06 bits per heavy atom. The molecule has 0 spiro atoms. The smallest absolute Gasteiger partial charge is 0.302 e. The molecule has 0 saturated heterocycles. The van der Waals surface area contributed by atoms with Gasteiger partial charge < -0.3 is 15.2 Å². The van der Waals surface area contributed by atoms with Crippen LogP contribution in [0.2, 0.25) is 0 Å². The largest absolute Gasteiger partial charge is 0.463 e. The highest BCUT2D eigenvalue weighted by atomic mass is 31.0. The van der Waals surface area contributed by atoms with Gasteiger partial charge in [0.2, 0.25) is 0 Å². The van der Waals surface area contributed by atoms with E-state index in [4.69, 9.17) is 15.2 Å². The average molecular weight is 268 g/mol. The van der Waals surface area contributed by atoms with E-state index in [2.05, 4.69) is 15.0 Å². The van der Waals surface area contributed by atoms with Gasteiger partial charge in [-0.25, -0.2) is 15.0 Å². The highest BCUT2D eigenvalue weighted by Gasteiger charge is 2.06. The van der Waals surface area contributed by atoms with Crippen molar-refractivity contribution in [2.75, 3.05) is 18.9 Å². The van der Waals surface area contributed by atoms with Crippen LogP contribution in [0, 0.1) is 0 Å². The molecule has 96 valence electrons. The van der Waals surface area contributed by atoms with Crippen molar-refractivity contribution in [2.24, 2.45) is 0 Å². The zero-order chi connectivity index (χ0) is 13.0. The Kier molecular flexibility index (Phi) is 4.07. The van der Waals surface area contributed by atoms with Crippen LogP contribution < -0.4 is 5.73 Å². The summed E-state index contributed by atoms with van der Waals surface area (Å²) < 4.78 is 10.0. The van der Waals surface area contributed by atoms with E-state index in [-0.39, 0.29) is 19.2 Å². The first kappa shape index (κ1) is 12.7. The van der Waals surface area contributed by atoms with Crippen LogP contribution in [0.15, 0.2) is 5.93 Å². The first-order chi connectivity index (χ1) is 8.66. The Morgan fingerprint density at radius 1 is 1.44 bits per heavy atom. The van der Waals surface area contributed by atoms with E-state index in [1.807, 2.05) is 0 Å². The summed E-state index contributed by atoms with van der Waals surface area (Å²) in [5, 5.41) is 0.848. The monoisotopic (exact) mass is 268 g/mol. The van der Waals surface area contributed by atoms with Gasteiger partial charge in [-0.2, -0.15) is 0 Å². The molecule has 8 heteroatoms. The first-order valence-corrected chi connectivity index (χ1v) is 6.41. The molecule has 0 aliphatic heterocycles. The molecule has 0 radical (unpaired) electrons. The van der Waals surface area contributed by atoms with E-state index < -0.39 is 0 Å². The Balaban J connectivity index is 1.89. The Hall–Kier alpha value is -1.72. The number of ether oxygens (including phenoxy) is 2. The molecule has 0 saturated carbocycles. The van der Waals surface area contributed by atoms with Crippen LogP contribution in [0.3, 0.4) is 0 Å². The molecule has 0 amide bonds. The number of carbonyl (C=O) groups excluding carboxylic acids is 1. The topological polar surface area (TPSA) is 100 Å². The summed E-state index contributed by atoms with van der Waals surface area (Å²) in [6.07, 6.45) is 0. The molecule has 0 fully saturated rings. The van der Waals surface area contributed by atoms with Crippen molar-refractivity contribution in [3.63, 3.8) is 0 Å². The number of esters is 1. The third kappa shape index (κ3) is 3.15. The molecule has 0 aliphatic carbocycles. The van der Waals surface area contributed by atoms with Crippen molar-refractivity contribution < 1.29 is 14.3 Å². The average Bonchev–Trinajstić information content (AvgIpc) is 2.77. The van der Waals surface area contributed by atoms with Gasteiger partial charge in [0.1, 0.15) is 24.0 Å². The van der Waals surface area contributed by atoms with E-state index in [1.165, 1.54) is 6.92 Å². The minimum absolute atomic E-state index is 0.223. The van der Waals surface area contributed by atoms with Crippen LogP contribution in [-0.2, 0) is 20.9 Å². The van der Waals surface area contributed by atoms with Gasteiger partial charge in [-0.1, -0.05) is 8.19 Å². The molecule has 2 aromatic heterocycles. The number of hydrogen-bond donors (Lipinski definition) is 1. The SMILES string of the molecule is CC(=O)OCCOCc1nc(N)c2nc[pH]c2n1. The Bertz CT molecular complexity index is 557. The molecule has 7 nitrogen and oxygen atoms in total. The van der Waals surface area contributed by atoms with Crippen LogP contribution in [0.25, 0.3) is 10.8 Å². The molecule has 2 rings (SSSR count). The zero-order valence-corrected chi connectivity index (χ0v) is 10.8. The second-order valence-corrected chi connectivity index (χ2v) is 4.54. The molecule has 0 bridgehead atoms. The lowest BCUT2D eigenvalue weighted by molar-refractivity contribution is -0.142. The molecular weight excluding hydrogens is 255 g/mol. The lowest BCUT2D eigenvalue weighted by Gasteiger charge is -2.04. The van der Waals surface area contributed by atoms with Crippen LogP contribution >= 0.6 is 8.19 Å². The number of nitrogen functional groups attached to an aromatic ring is 1. The minimum Gasteiger partial charge on any atom is -0.463 e. The quantitative estimate of drug-likeness (QED) is 0.629. The fourth-order valence-corrected chi connectivity index (χ4v) is 2.22. The van der Waals surface area contributed by atoms with E-state index in [1.54, 1.807) is 5.93 Å². The minimum atomic E-state index is -0.324. The van der Waals surface area contributed by atoms with Crippen LogP contribution in [0.1, 0.15) is 12.7 Å². The fraction of sp³-hybridized carbons (Fsp3) is 0.400. The molecule has 1 unspecified atom stereocenters. The maximum absolute atomic E-state index is 10.5. The van der Waals surface area contributed by atoms with Crippen molar-refractivity contribution in [1.29, 1.82) is 0 Å². The highest BCUT2D eigenvalue weighted by molar-refractivity contribution is 7.35. The number of fused-ring (bicyclic) bond motifs is 1. The van der Waals surface area contributed by atoms with Crippen LogP contribution in [0.4, 0.5) is 5.82 Å². The molecule has 1 atom stereocenters. The molecule has 0 aromatic carbocycles. The number of anilines is 1. The maximum atomic E-state index is 10.5. The van der Waals surface area contributed by atoms with Crippen molar-refractivity contribution in [2.45, 2.75) is 13.5 Å². The number of carbonyl (C=O) groups is 1. The number of nitrogens with zero attached hydrogens (tertiary/aromatic N) is 3. The summed E-state index contributed by atoms with van der Waals surface area (Å²) in [6, 6.07) is 0. The third-order valence-corrected chi connectivity index (χ3v) is 3.00. The first-order valence-electron chi connectivity index (χ1n) is 5.33. The van der Waals surface area contributed by atoms with E-state index in [9.17, 15) is 4.79 Å². The van der Waals surface area contributed by atoms with Gasteiger partial charge in [-0.05, 0) is 0 Å². The number of aromatic nitrogens is 3. The van der Waals surface area contributed by atoms with Gasteiger partial charge in [0.15, 0.2) is 11.6 Å². The maximum Gasteiger partial charge on any atom is 0.302 e. The van der Waals surface area contributed by atoms with Crippen molar-refractivity contribution in [3.8, 4) is 0 Å². The third-order valence-electron chi connectivity index (χ3n) is 2.12. The fourth-order valence-electron chi connectivity index (χ4n) is 1.38. The van der Waals surface area contributed by atoms with Crippen LogP contribution in [-0.4, -0.2) is 34.1 Å². The molecule has 2 aromatic rings. The van der Waals surface area contributed by atoms with E-state index >= 15 is 0 Å². The lowest BCUT2D eigenvalue weighted by atomic mass is 10.5. The predicted octanol–water partition coefficient (Wildman–Crippen LogP) is 0.718. The zero-order valence-electron chi connectivity index (χ0n) is 9.84. The van der Waals surface area contributed by atoms with Gasteiger partial charge in [0.05, 0.1) is 6.61 Å². The summed E-state index contributed by atoms with van der Waals surface area (Å²) in [5.74, 6) is 2.35. The van der Waals surface area contributed by atoms with Crippen molar-refractivity contribution >= 4 is 30.7 Å². The molecule has 2 heterocycles. The number of nitrogens with two attached hydrogens (primary N) is 1. The summed E-state index contributed by atoms with van der Waals surface area (Å²) in [5.41, 5.74) is 6.42. The highest BCUT2D eigenvalue weighted by Crippen LogP contribution is 2.23. The Labute approximate surface area is 105 Å². The van der Waals surface area contributed by atoms with Gasteiger partial charge >= 0.3 is 5.97 Å². The summed E-state index contributed by atoms with van der Waals surface area (Å²) in [6.45, 7) is 2.12. The van der Waals surface area contributed by atoms with Crippen molar-refractivity contribution in [1.82, 2.24) is 15.0 Å².